The van der Waals surface area contributed by atoms with Gasteiger partial charge in [0.05, 0.1) is 10.5 Å². The maximum Gasteiger partial charge on any atom is 0.252 e. The molecule has 1 aliphatic rings. The predicted octanol–water partition coefficient (Wildman–Crippen LogP) is 2.31. The standard InChI is InChI=1S/C17H26BrN3O3S/c1-3-20(4-2)12-9-19-17(22)15-13-14(7-8-16(15)18)25(23,24)21-10-5-6-11-21/h7-8,13H,3-6,9-12H2,1-2H3,(H,19,22). The highest BCUT2D eigenvalue weighted by Gasteiger charge is 2.28. The first-order valence-electron chi connectivity index (χ1n) is 8.70. The molecule has 0 unspecified atom stereocenters. The number of rotatable bonds is 8. The molecule has 8 heteroatoms. The lowest BCUT2D eigenvalue weighted by Gasteiger charge is -2.18. The molecule has 0 atom stereocenters. The SMILES string of the molecule is CCN(CC)CCNC(=O)c1cc(S(=O)(=O)N2CCCC2)ccc1Br. The fourth-order valence-electron chi connectivity index (χ4n) is 2.88. The molecule has 1 fully saturated rings. The summed E-state index contributed by atoms with van der Waals surface area (Å²) in [4.78, 5) is 14.8. The molecule has 1 aromatic rings. The van der Waals surface area contributed by atoms with Crippen molar-refractivity contribution in [3.05, 3.63) is 28.2 Å². The van der Waals surface area contributed by atoms with Crippen LogP contribution in [0, 0.1) is 0 Å². The van der Waals surface area contributed by atoms with Gasteiger partial charge in [0.25, 0.3) is 5.91 Å². The van der Waals surface area contributed by atoms with Crippen LogP contribution in [0.4, 0.5) is 0 Å². The first-order chi connectivity index (χ1) is 11.9. The van der Waals surface area contributed by atoms with Gasteiger partial charge in [-0.1, -0.05) is 13.8 Å². The molecule has 140 valence electrons. The van der Waals surface area contributed by atoms with E-state index < -0.39 is 10.0 Å². The Bertz CT molecular complexity index is 699. The Kier molecular flexibility index (Phi) is 7.42. The zero-order valence-electron chi connectivity index (χ0n) is 14.8. The Morgan fingerprint density at radius 2 is 1.88 bits per heavy atom. The van der Waals surface area contributed by atoms with E-state index in [2.05, 4.69) is 40.0 Å². The Labute approximate surface area is 158 Å². The minimum Gasteiger partial charge on any atom is -0.351 e. The highest BCUT2D eigenvalue weighted by molar-refractivity contribution is 9.10. The van der Waals surface area contributed by atoms with Crippen LogP contribution in [0.3, 0.4) is 0 Å². The van der Waals surface area contributed by atoms with Crippen LogP contribution in [0.1, 0.15) is 37.0 Å². The number of hydrogen-bond acceptors (Lipinski definition) is 4. The molecule has 1 aromatic carbocycles. The third-order valence-corrected chi connectivity index (χ3v) is 7.08. The van der Waals surface area contributed by atoms with Crippen molar-refractivity contribution in [2.75, 3.05) is 39.3 Å². The van der Waals surface area contributed by atoms with E-state index in [0.29, 0.717) is 29.7 Å². The highest BCUT2D eigenvalue weighted by Crippen LogP contribution is 2.25. The van der Waals surface area contributed by atoms with Gasteiger partial charge in [0, 0.05) is 30.7 Å². The molecule has 0 aromatic heterocycles. The summed E-state index contributed by atoms with van der Waals surface area (Å²) < 4.78 is 27.4. The second-order valence-corrected chi connectivity index (χ2v) is 8.83. The molecule has 0 saturated carbocycles. The second-order valence-electron chi connectivity index (χ2n) is 6.04. The van der Waals surface area contributed by atoms with Crippen molar-refractivity contribution in [3.63, 3.8) is 0 Å². The average Bonchev–Trinajstić information content (AvgIpc) is 3.14. The van der Waals surface area contributed by atoms with E-state index in [-0.39, 0.29) is 10.8 Å². The van der Waals surface area contributed by atoms with Crippen molar-refractivity contribution in [2.45, 2.75) is 31.6 Å². The molecular formula is C17H26BrN3O3S. The van der Waals surface area contributed by atoms with Gasteiger partial charge in [-0.25, -0.2) is 8.42 Å². The molecule has 1 amide bonds. The van der Waals surface area contributed by atoms with E-state index in [0.717, 1.165) is 32.5 Å². The first-order valence-corrected chi connectivity index (χ1v) is 10.9. The lowest BCUT2D eigenvalue weighted by Crippen LogP contribution is -2.35. The fourth-order valence-corrected chi connectivity index (χ4v) is 4.85. The van der Waals surface area contributed by atoms with Crippen molar-refractivity contribution >= 4 is 31.9 Å². The summed E-state index contributed by atoms with van der Waals surface area (Å²) >= 11 is 3.35. The van der Waals surface area contributed by atoms with E-state index in [4.69, 9.17) is 0 Å². The molecule has 0 aliphatic carbocycles. The average molecular weight is 432 g/mol. The topological polar surface area (TPSA) is 69.7 Å². The van der Waals surface area contributed by atoms with Crippen molar-refractivity contribution < 1.29 is 13.2 Å². The lowest BCUT2D eigenvalue weighted by molar-refractivity contribution is 0.0948. The van der Waals surface area contributed by atoms with Crippen molar-refractivity contribution in [1.82, 2.24) is 14.5 Å². The lowest BCUT2D eigenvalue weighted by atomic mass is 10.2. The van der Waals surface area contributed by atoms with Gasteiger partial charge in [-0.3, -0.25) is 4.79 Å². The van der Waals surface area contributed by atoms with Crippen LogP contribution in [0.25, 0.3) is 0 Å². The van der Waals surface area contributed by atoms with Gasteiger partial charge in [-0.2, -0.15) is 4.31 Å². The molecule has 25 heavy (non-hydrogen) atoms. The van der Waals surface area contributed by atoms with Crippen LogP contribution in [-0.2, 0) is 10.0 Å². The Hall–Kier alpha value is -0.960. The second kappa shape index (κ2) is 9.12. The Balaban J connectivity index is 2.11. The number of carbonyl (C=O) groups excluding carboxylic acids is 1. The van der Waals surface area contributed by atoms with Gasteiger partial charge in [0.2, 0.25) is 10.0 Å². The monoisotopic (exact) mass is 431 g/mol. The molecule has 1 heterocycles. The van der Waals surface area contributed by atoms with Gasteiger partial charge in [0.15, 0.2) is 0 Å². The predicted molar refractivity (Wildman–Crippen MR) is 102 cm³/mol. The van der Waals surface area contributed by atoms with Crippen LogP contribution in [0.15, 0.2) is 27.6 Å². The highest BCUT2D eigenvalue weighted by atomic mass is 79.9. The van der Waals surface area contributed by atoms with Gasteiger partial charge < -0.3 is 10.2 Å². The third-order valence-electron chi connectivity index (χ3n) is 4.49. The Morgan fingerprint density at radius 1 is 1.24 bits per heavy atom. The Morgan fingerprint density at radius 3 is 2.48 bits per heavy atom. The number of likely N-dealkylation sites (N-methyl/N-ethyl adjacent to an activating group) is 1. The maximum absolute atomic E-state index is 12.7. The van der Waals surface area contributed by atoms with Crippen LogP contribution in [-0.4, -0.2) is 62.8 Å². The smallest absolute Gasteiger partial charge is 0.252 e. The summed E-state index contributed by atoms with van der Waals surface area (Å²) in [5, 5.41) is 2.87. The molecule has 0 spiro atoms. The van der Waals surface area contributed by atoms with Crippen LogP contribution in [0.2, 0.25) is 0 Å². The van der Waals surface area contributed by atoms with Crippen molar-refractivity contribution in [1.29, 1.82) is 0 Å². The first kappa shape index (κ1) is 20.4. The molecule has 2 rings (SSSR count). The zero-order valence-corrected chi connectivity index (χ0v) is 17.2. The summed E-state index contributed by atoms with van der Waals surface area (Å²) in [5.74, 6) is -0.266. The summed E-state index contributed by atoms with van der Waals surface area (Å²) in [7, 11) is -3.53. The number of nitrogens with one attached hydrogen (secondary N) is 1. The van der Waals surface area contributed by atoms with E-state index in [1.54, 1.807) is 12.1 Å². The van der Waals surface area contributed by atoms with Gasteiger partial charge >= 0.3 is 0 Å². The van der Waals surface area contributed by atoms with E-state index >= 15 is 0 Å². The number of hydrogen-bond donors (Lipinski definition) is 1. The number of halogens is 1. The molecule has 1 saturated heterocycles. The minimum absolute atomic E-state index is 0.173. The van der Waals surface area contributed by atoms with E-state index in [1.165, 1.54) is 10.4 Å². The van der Waals surface area contributed by atoms with Crippen LogP contribution < -0.4 is 5.32 Å². The van der Waals surface area contributed by atoms with Crippen molar-refractivity contribution in [3.8, 4) is 0 Å². The third kappa shape index (κ3) is 5.03. The number of benzene rings is 1. The van der Waals surface area contributed by atoms with E-state index in [9.17, 15) is 13.2 Å². The normalized spacial score (nSPS) is 15.7. The summed E-state index contributed by atoms with van der Waals surface area (Å²) in [6.45, 7) is 8.40. The molecule has 0 bridgehead atoms. The number of nitrogens with zero attached hydrogens (tertiary/aromatic N) is 2. The zero-order chi connectivity index (χ0) is 18.4. The molecule has 1 aliphatic heterocycles. The van der Waals surface area contributed by atoms with Crippen LogP contribution >= 0.6 is 15.9 Å². The molecule has 1 N–H and O–H groups in total. The quantitative estimate of drug-likeness (QED) is 0.685. The summed E-state index contributed by atoms with van der Waals surface area (Å²) in [5.41, 5.74) is 0.347. The van der Waals surface area contributed by atoms with Gasteiger partial charge in [-0.05, 0) is 60.1 Å². The molecule has 6 nitrogen and oxygen atoms in total. The minimum atomic E-state index is -3.53. The summed E-state index contributed by atoms with van der Waals surface area (Å²) in [6, 6.07) is 4.64. The fraction of sp³-hybridized carbons (Fsp3) is 0.588. The maximum atomic E-state index is 12.7. The van der Waals surface area contributed by atoms with Gasteiger partial charge in [-0.15, -0.1) is 0 Å². The number of sulfonamides is 1. The molecular weight excluding hydrogens is 406 g/mol. The summed E-state index contributed by atoms with van der Waals surface area (Å²) in [6.07, 6.45) is 1.77. The number of amides is 1. The largest absolute Gasteiger partial charge is 0.351 e. The van der Waals surface area contributed by atoms with Crippen molar-refractivity contribution in [2.24, 2.45) is 0 Å². The van der Waals surface area contributed by atoms with Gasteiger partial charge in [0.1, 0.15) is 0 Å². The van der Waals surface area contributed by atoms with E-state index in [1.807, 2.05) is 0 Å². The molecule has 0 radical (unpaired) electrons. The number of carbonyl (C=O) groups is 1. The van der Waals surface area contributed by atoms with Crippen LogP contribution in [0.5, 0.6) is 0 Å².